The van der Waals surface area contributed by atoms with Crippen LogP contribution in [0, 0.1) is 0 Å². The van der Waals surface area contributed by atoms with Crippen molar-refractivity contribution in [1.29, 1.82) is 0 Å². The SMILES string of the molecule is O=C(/C=C(\[O-])C(F)(F)F)c1ccccn1.[Li+]. The van der Waals surface area contributed by atoms with Crippen LogP contribution in [0.15, 0.2) is 36.2 Å². The van der Waals surface area contributed by atoms with Gasteiger partial charge in [0.2, 0.25) is 5.78 Å². The first-order chi connectivity index (χ1) is 6.91. The van der Waals surface area contributed by atoms with Crippen LogP contribution in [0.5, 0.6) is 0 Å². The zero-order valence-electron chi connectivity index (χ0n) is 8.28. The summed E-state index contributed by atoms with van der Waals surface area (Å²) in [5.41, 5.74) is -0.199. The number of hydrogen-bond donors (Lipinski definition) is 0. The summed E-state index contributed by atoms with van der Waals surface area (Å²) in [5.74, 6) is -3.24. The van der Waals surface area contributed by atoms with Crippen molar-refractivity contribution in [2.45, 2.75) is 6.18 Å². The molecule has 0 saturated carbocycles. The van der Waals surface area contributed by atoms with Gasteiger partial charge in [0, 0.05) is 6.20 Å². The fourth-order valence-corrected chi connectivity index (χ4v) is 0.783. The van der Waals surface area contributed by atoms with Crippen LogP contribution in [-0.2, 0) is 0 Å². The third-order valence-corrected chi connectivity index (χ3v) is 1.46. The standard InChI is InChI=1S/C9H6F3NO2.Li/c10-9(11,12)8(15)5-7(14)6-3-1-2-4-13-6;/h1-5,15H;/q;+1/p-1/b8-5-;. The maximum atomic E-state index is 11.8. The van der Waals surface area contributed by atoms with E-state index in [1.807, 2.05) is 0 Å². The van der Waals surface area contributed by atoms with E-state index in [1.54, 1.807) is 0 Å². The summed E-state index contributed by atoms with van der Waals surface area (Å²) in [6.07, 6.45) is -3.79. The summed E-state index contributed by atoms with van der Waals surface area (Å²) in [5, 5.41) is 10.4. The van der Waals surface area contributed by atoms with E-state index in [0.717, 1.165) is 0 Å². The van der Waals surface area contributed by atoms with Crippen molar-refractivity contribution in [2.24, 2.45) is 0 Å². The van der Waals surface area contributed by atoms with Crippen LogP contribution < -0.4 is 24.0 Å². The Morgan fingerprint density at radius 2 is 2.00 bits per heavy atom. The van der Waals surface area contributed by atoms with E-state index in [2.05, 4.69) is 4.98 Å². The van der Waals surface area contributed by atoms with Gasteiger partial charge in [-0.1, -0.05) is 6.07 Å². The number of rotatable bonds is 2. The van der Waals surface area contributed by atoms with E-state index >= 15 is 0 Å². The van der Waals surface area contributed by atoms with Crippen LogP contribution in [0.1, 0.15) is 10.5 Å². The van der Waals surface area contributed by atoms with Crippen molar-refractivity contribution in [3.63, 3.8) is 0 Å². The summed E-state index contributed by atoms with van der Waals surface area (Å²) < 4.78 is 35.3. The molecule has 0 bridgehead atoms. The molecule has 1 rings (SSSR count). The summed E-state index contributed by atoms with van der Waals surface area (Å²) >= 11 is 0. The second-order valence-corrected chi connectivity index (χ2v) is 2.59. The van der Waals surface area contributed by atoms with Crippen molar-refractivity contribution in [3.05, 3.63) is 41.9 Å². The fourth-order valence-electron chi connectivity index (χ4n) is 0.783. The van der Waals surface area contributed by atoms with E-state index in [1.165, 1.54) is 24.4 Å². The Hall–Kier alpha value is -1.25. The molecule has 0 aromatic carbocycles. The molecule has 16 heavy (non-hydrogen) atoms. The molecule has 0 fully saturated rings. The molecule has 0 radical (unpaired) electrons. The van der Waals surface area contributed by atoms with E-state index in [0.29, 0.717) is 0 Å². The minimum atomic E-state index is -5.02. The molecule has 1 aromatic heterocycles. The zero-order valence-corrected chi connectivity index (χ0v) is 8.28. The Bertz CT molecular complexity index is 389. The molecule has 0 spiro atoms. The number of allylic oxidation sites excluding steroid dienone is 2. The molecule has 0 aliphatic heterocycles. The Morgan fingerprint density at radius 3 is 2.44 bits per heavy atom. The number of aromatic nitrogens is 1. The Morgan fingerprint density at radius 1 is 1.38 bits per heavy atom. The fraction of sp³-hybridized carbons (Fsp3) is 0.111. The number of carbonyl (C=O) groups is 1. The van der Waals surface area contributed by atoms with Gasteiger partial charge in [-0.2, -0.15) is 13.2 Å². The first-order valence-corrected chi connectivity index (χ1v) is 3.82. The van der Waals surface area contributed by atoms with E-state index in [4.69, 9.17) is 0 Å². The molecule has 1 heterocycles. The van der Waals surface area contributed by atoms with Gasteiger partial charge in [0.05, 0.1) is 0 Å². The van der Waals surface area contributed by atoms with Crippen molar-refractivity contribution in [1.82, 2.24) is 4.98 Å². The number of ketones is 1. The molecule has 1 aromatic rings. The number of alkyl halides is 3. The first kappa shape index (κ1) is 14.7. The summed E-state index contributed by atoms with van der Waals surface area (Å²) in [6.45, 7) is 0. The Balaban J connectivity index is 0.00000225. The molecular formula is C9H5F3LiNO2. The Kier molecular flexibility index (Phi) is 5.28. The quantitative estimate of drug-likeness (QED) is 0.254. The van der Waals surface area contributed by atoms with E-state index in [9.17, 15) is 23.1 Å². The van der Waals surface area contributed by atoms with Gasteiger partial charge in [-0.25, -0.2) is 0 Å². The molecule has 0 aliphatic carbocycles. The van der Waals surface area contributed by atoms with Gasteiger partial charge in [0.25, 0.3) is 0 Å². The molecule has 7 heteroatoms. The van der Waals surface area contributed by atoms with Gasteiger partial charge in [0.15, 0.2) is 0 Å². The van der Waals surface area contributed by atoms with Crippen molar-refractivity contribution < 1.29 is 41.9 Å². The molecule has 0 amide bonds. The van der Waals surface area contributed by atoms with Crippen molar-refractivity contribution >= 4 is 5.78 Å². The third kappa shape index (κ3) is 4.09. The normalized spacial score (nSPS) is 11.8. The molecule has 0 unspecified atom stereocenters. The predicted octanol–water partition coefficient (Wildman–Crippen LogP) is -1.93. The van der Waals surface area contributed by atoms with Crippen LogP contribution in [0.25, 0.3) is 0 Å². The van der Waals surface area contributed by atoms with E-state index in [-0.39, 0.29) is 30.6 Å². The van der Waals surface area contributed by atoms with Gasteiger partial charge in [-0.3, -0.25) is 9.78 Å². The van der Waals surface area contributed by atoms with Crippen LogP contribution in [0.3, 0.4) is 0 Å². The van der Waals surface area contributed by atoms with Gasteiger partial charge in [0.1, 0.15) is 5.69 Å². The third-order valence-electron chi connectivity index (χ3n) is 1.46. The van der Waals surface area contributed by atoms with Gasteiger partial charge in [-0.05, 0) is 24.0 Å². The monoisotopic (exact) mass is 223 g/mol. The van der Waals surface area contributed by atoms with Crippen LogP contribution >= 0.6 is 0 Å². The van der Waals surface area contributed by atoms with Crippen LogP contribution in [-0.4, -0.2) is 16.9 Å². The van der Waals surface area contributed by atoms with Crippen molar-refractivity contribution in [3.8, 4) is 0 Å². The molecule has 0 saturated heterocycles. The summed E-state index contributed by atoms with van der Waals surface area (Å²) in [4.78, 5) is 14.6. The second kappa shape index (κ2) is 5.73. The maximum Gasteiger partial charge on any atom is 1.00 e. The van der Waals surface area contributed by atoms with Gasteiger partial charge in [-0.15, -0.1) is 0 Å². The second-order valence-electron chi connectivity index (χ2n) is 2.59. The largest absolute Gasteiger partial charge is 1.00 e. The van der Waals surface area contributed by atoms with Crippen LogP contribution in [0.2, 0.25) is 0 Å². The number of pyridine rings is 1. The maximum absolute atomic E-state index is 11.8. The smallest absolute Gasteiger partial charge is 0.869 e. The number of halogens is 3. The summed E-state index contributed by atoms with van der Waals surface area (Å²) in [6, 6.07) is 4.16. The Labute approximate surface area is 101 Å². The minimum absolute atomic E-state index is 0. The minimum Gasteiger partial charge on any atom is -0.869 e. The molecule has 0 N–H and O–H groups in total. The molecule has 3 nitrogen and oxygen atoms in total. The summed E-state index contributed by atoms with van der Waals surface area (Å²) in [7, 11) is 0. The predicted molar refractivity (Wildman–Crippen MR) is 42.7 cm³/mol. The molecule has 0 aliphatic rings. The molecular weight excluding hydrogens is 218 g/mol. The zero-order chi connectivity index (χ0) is 11.5. The van der Waals surface area contributed by atoms with Gasteiger partial charge >= 0.3 is 25.0 Å². The van der Waals surface area contributed by atoms with Gasteiger partial charge < -0.3 is 5.11 Å². The molecule has 0 atom stereocenters. The number of carbonyl (C=O) groups excluding carboxylic acids is 1. The average Bonchev–Trinajstić information content (AvgIpc) is 2.17. The van der Waals surface area contributed by atoms with E-state index < -0.39 is 17.7 Å². The first-order valence-electron chi connectivity index (χ1n) is 3.82. The topological polar surface area (TPSA) is 53.0 Å². The van der Waals surface area contributed by atoms with Crippen molar-refractivity contribution in [2.75, 3.05) is 0 Å². The van der Waals surface area contributed by atoms with Crippen LogP contribution in [0.4, 0.5) is 13.2 Å². The number of hydrogen-bond acceptors (Lipinski definition) is 3. The average molecular weight is 223 g/mol. The molecule has 80 valence electrons. The number of nitrogens with zero attached hydrogens (tertiary/aromatic N) is 1.